The summed E-state index contributed by atoms with van der Waals surface area (Å²) in [6.07, 6.45) is 5.13. The molecule has 0 spiro atoms. The van der Waals surface area contributed by atoms with Crippen LogP contribution in [0.15, 0.2) is 66.5 Å². The highest BCUT2D eigenvalue weighted by molar-refractivity contribution is 6.38. The van der Waals surface area contributed by atoms with Gasteiger partial charge in [-0.25, -0.2) is 4.79 Å². The van der Waals surface area contributed by atoms with Crippen molar-refractivity contribution < 1.29 is 28.8 Å². The average molecular weight is 598 g/mol. The van der Waals surface area contributed by atoms with Gasteiger partial charge in [-0.05, 0) is 56.2 Å². The maximum atomic E-state index is 13.8. The molecule has 6 rings (SSSR count). The Balaban J connectivity index is 1.59. The fraction of sp³-hybridized carbons (Fsp3) is 0.212. The molecule has 9 nitrogen and oxygen atoms in total. The lowest BCUT2D eigenvalue weighted by molar-refractivity contribution is -0.393. The van der Waals surface area contributed by atoms with E-state index in [2.05, 4.69) is 4.98 Å². The van der Waals surface area contributed by atoms with Crippen molar-refractivity contribution in [3.63, 3.8) is 0 Å². The highest BCUT2D eigenvalue weighted by Gasteiger charge is 2.48. The van der Waals surface area contributed by atoms with Crippen LogP contribution in [0.25, 0.3) is 32.9 Å². The predicted molar refractivity (Wildman–Crippen MR) is 167 cm³/mol. The number of primary amides is 1. The topological polar surface area (TPSA) is 129 Å². The van der Waals surface area contributed by atoms with Gasteiger partial charge in [0.1, 0.15) is 23.1 Å². The number of carbonyl (C=O) groups excluding carboxylic acids is 3. The Morgan fingerprint density at radius 2 is 1.93 bits per heavy atom. The van der Waals surface area contributed by atoms with Gasteiger partial charge in [0.25, 0.3) is 5.91 Å². The molecule has 1 aliphatic heterocycles. The largest absolute Gasteiger partial charge is 0.505 e. The second-order valence-electron chi connectivity index (χ2n) is 11.3. The van der Waals surface area contributed by atoms with Gasteiger partial charge < -0.3 is 20.6 Å². The molecule has 2 aliphatic rings. The minimum absolute atomic E-state index is 0.220. The lowest BCUT2D eigenvalue weighted by Gasteiger charge is -2.27. The Bertz CT molecular complexity index is 2010. The maximum absolute atomic E-state index is 13.8. The molecule has 1 atom stereocenters. The number of fused-ring (bicyclic) bond motifs is 4. The van der Waals surface area contributed by atoms with Crippen LogP contribution in [0.2, 0.25) is 5.02 Å². The van der Waals surface area contributed by atoms with E-state index >= 15 is 0 Å². The second kappa shape index (κ2) is 9.93. The molecule has 1 unspecified atom stereocenters. The number of aliphatic hydroxyl groups is 1. The van der Waals surface area contributed by atoms with Crippen LogP contribution in [-0.2, 0) is 15.1 Å². The van der Waals surface area contributed by atoms with Gasteiger partial charge in [0.05, 0.1) is 30.8 Å². The third-order valence-corrected chi connectivity index (χ3v) is 8.56. The van der Waals surface area contributed by atoms with Crippen molar-refractivity contribution in [2.24, 2.45) is 11.7 Å². The fourth-order valence-corrected chi connectivity index (χ4v) is 6.26. The molecule has 2 heterocycles. The predicted octanol–water partition coefficient (Wildman–Crippen LogP) is 5.54. The number of methoxy groups -OCH3 is 1. The molecule has 3 aromatic carbocycles. The number of aromatic nitrogens is 1. The molecule has 43 heavy (non-hydrogen) atoms. The summed E-state index contributed by atoms with van der Waals surface area (Å²) in [5, 5.41) is 12.3. The maximum Gasteiger partial charge on any atom is 0.505 e. The normalized spacial score (nSPS) is 17.1. The average Bonchev–Trinajstić information content (AvgIpc) is 3.34. The van der Waals surface area contributed by atoms with Crippen LogP contribution in [0.4, 0.5) is 10.5 Å². The number of ether oxygens (including phenoxy) is 1. The van der Waals surface area contributed by atoms with Gasteiger partial charge in [0, 0.05) is 38.5 Å². The van der Waals surface area contributed by atoms with Crippen LogP contribution in [0.3, 0.4) is 0 Å². The Morgan fingerprint density at radius 3 is 2.60 bits per heavy atom. The molecule has 0 saturated heterocycles. The molecule has 4 N–H and O–H groups in total. The molecule has 0 saturated carbocycles. The van der Waals surface area contributed by atoms with E-state index in [0.29, 0.717) is 55.8 Å². The molecule has 0 radical (unpaired) electrons. The number of nitrogens with zero attached hydrogens (tertiary/aromatic N) is 2. The summed E-state index contributed by atoms with van der Waals surface area (Å²) in [4.78, 5) is 44.4. The lowest BCUT2D eigenvalue weighted by atomic mass is 9.90. The molecule has 0 bridgehead atoms. The molecular weight excluding hydrogens is 568 g/mol. The summed E-state index contributed by atoms with van der Waals surface area (Å²) in [6.45, 7) is 5.22. The summed E-state index contributed by atoms with van der Waals surface area (Å²) < 4.78 is 6.76. The van der Waals surface area contributed by atoms with E-state index in [9.17, 15) is 19.5 Å². The smallest absolute Gasteiger partial charge is 0.497 e. The number of amides is 4. The number of imide groups is 1. The van der Waals surface area contributed by atoms with E-state index in [1.807, 2.05) is 31.2 Å². The quantitative estimate of drug-likeness (QED) is 0.260. The van der Waals surface area contributed by atoms with Crippen molar-refractivity contribution in [3.05, 3.63) is 88.2 Å². The summed E-state index contributed by atoms with van der Waals surface area (Å²) in [7, 11) is 3.16. The molecule has 1 aliphatic carbocycles. The van der Waals surface area contributed by atoms with Gasteiger partial charge in [0.15, 0.2) is 0 Å². The van der Waals surface area contributed by atoms with Crippen LogP contribution in [0.1, 0.15) is 35.3 Å². The number of hydrogen-bond acceptors (Lipinski definition) is 5. The number of carbonyl (C=O) groups is 3. The molecule has 218 valence electrons. The van der Waals surface area contributed by atoms with Crippen molar-refractivity contribution in [3.8, 4) is 11.1 Å². The van der Waals surface area contributed by atoms with E-state index < -0.39 is 23.5 Å². The number of allylic oxidation sites excluding steroid dienone is 2. The summed E-state index contributed by atoms with van der Waals surface area (Å²) in [6, 6.07) is 11.9. The van der Waals surface area contributed by atoms with Crippen molar-refractivity contribution in [2.45, 2.75) is 26.4 Å². The number of hydrogen-bond donors (Lipinski definition) is 3. The number of benzene rings is 3. The number of urea groups is 1. The molecular formula is C33H30ClN4O5+. The molecule has 0 fully saturated rings. The highest BCUT2D eigenvalue weighted by atomic mass is 35.5. The number of nitrogens with two attached hydrogens (primary N) is 1. The van der Waals surface area contributed by atoms with Gasteiger partial charge in [0.2, 0.25) is 0 Å². The number of anilines is 1. The zero-order valence-electron chi connectivity index (χ0n) is 24.3. The number of rotatable bonds is 5. The first kappa shape index (κ1) is 28.4. The number of nitrogens with one attached hydrogen (secondary N) is 1. The van der Waals surface area contributed by atoms with Crippen LogP contribution in [0.5, 0.6) is 0 Å². The fourth-order valence-electron chi connectivity index (χ4n) is 5.95. The van der Waals surface area contributed by atoms with Gasteiger partial charge in [-0.1, -0.05) is 41.9 Å². The SMILES string of the molecule is COC1=CC2=[N+](C)C(=O)N(c3cccc(-c4c(Cl)cc(C(N)=O)c5[nH]c6cc(C(C)(C)O)ccc6c45)c3C)C(=O)C2C=C1. The number of halogens is 1. The van der Waals surface area contributed by atoms with E-state index in [1.165, 1.54) is 22.7 Å². The Kier molecular flexibility index (Phi) is 6.56. The Labute approximate surface area is 252 Å². The molecule has 4 amide bonds. The monoisotopic (exact) mass is 597 g/mol. The molecule has 1 aromatic heterocycles. The van der Waals surface area contributed by atoms with Crippen LogP contribution >= 0.6 is 11.6 Å². The van der Waals surface area contributed by atoms with Crippen molar-refractivity contribution >= 4 is 62.7 Å². The van der Waals surface area contributed by atoms with Gasteiger partial charge in [-0.15, -0.1) is 4.90 Å². The van der Waals surface area contributed by atoms with Gasteiger partial charge >= 0.3 is 11.9 Å². The Morgan fingerprint density at radius 1 is 1.19 bits per heavy atom. The lowest BCUT2D eigenvalue weighted by Crippen LogP contribution is -2.54. The second-order valence-corrected chi connectivity index (χ2v) is 11.7. The number of H-pyrrole nitrogens is 1. The van der Waals surface area contributed by atoms with Crippen molar-refractivity contribution in [1.82, 2.24) is 4.98 Å². The highest BCUT2D eigenvalue weighted by Crippen LogP contribution is 2.44. The van der Waals surface area contributed by atoms with E-state index in [0.717, 1.165) is 5.39 Å². The number of aromatic amines is 1. The first-order valence-electron chi connectivity index (χ1n) is 13.7. The minimum Gasteiger partial charge on any atom is -0.497 e. The van der Waals surface area contributed by atoms with Crippen molar-refractivity contribution in [1.29, 1.82) is 0 Å². The first-order valence-corrected chi connectivity index (χ1v) is 14.0. The zero-order valence-corrected chi connectivity index (χ0v) is 25.0. The van der Waals surface area contributed by atoms with E-state index in [-0.39, 0.29) is 16.5 Å². The van der Waals surface area contributed by atoms with Gasteiger partial charge in [-0.2, -0.15) is 9.37 Å². The standard InChI is InChI=1S/C33H29ClN4O5/c1-16-19(7-6-8-25(16)38-31(40)21-12-10-18(43-5)14-26(21)37(4)32(38)41)27-23(34)15-22(30(35)39)29-28(27)20-11-9-17(33(2,3)42)13-24(20)36-29/h6-15,21,42H,1-5H3,(H2-,35,36,39)/p+1. The van der Waals surface area contributed by atoms with Crippen LogP contribution in [0, 0.1) is 12.8 Å². The third kappa shape index (κ3) is 4.35. The molecule has 4 aromatic rings. The molecule has 10 heteroatoms. The summed E-state index contributed by atoms with van der Waals surface area (Å²) in [5.74, 6) is -1.14. The van der Waals surface area contributed by atoms with E-state index in [1.54, 1.807) is 51.3 Å². The summed E-state index contributed by atoms with van der Waals surface area (Å²) >= 11 is 6.91. The van der Waals surface area contributed by atoms with Crippen molar-refractivity contribution in [2.75, 3.05) is 19.1 Å². The zero-order chi connectivity index (χ0) is 31.0. The van der Waals surface area contributed by atoms with Crippen LogP contribution < -0.4 is 10.6 Å². The van der Waals surface area contributed by atoms with Gasteiger partial charge in [-0.3, -0.25) is 4.79 Å². The van der Waals surface area contributed by atoms with E-state index in [4.69, 9.17) is 22.1 Å². The third-order valence-electron chi connectivity index (χ3n) is 8.26. The Hall–Kier alpha value is -4.73. The first-order chi connectivity index (χ1) is 20.3. The summed E-state index contributed by atoms with van der Waals surface area (Å²) in [5.41, 5.74) is 9.66. The van der Waals surface area contributed by atoms with Crippen LogP contribution in [-0.4, -0.2) is 52.4 Å². The minimum atomic E-state index is -1.09.